The maximum absolute atomic E-state index is 13.2. The number of carbonyl (C=O) groups is 1. The molecule has 26 heavy (non-hydrogen) atoms. The van der Waals surface area contributed by atoms with E-state index >= 15 is 0 Å². The molecule has 2 aromatic carbocycles. The van der Waals surface area contributed by atoms with Gasteiger partial charge < -0.3 is 4.90 Å². The highest BCUT2D eigenvalue weighted by Crippen LogP contribution is 2.31. The molecule has 0 saturated carbocycles. The number of aromatic nitrogens is 1. The van der Waals surface area contributed by atoms with Crippen molar-refractivity contribution < 1.29 is 14.1 Å². The summed E-state index contributed by atoms with van der Waals surface area (Å²) in [5.41, 5.74) is 2.50. The molecule has 4 nitrogen and oxygen atoms in total. The Morgan fingerprint density at radius 1 is 1.19 bits per heavy atom. The summed E-state index contributed by atoms with van der Waals surface area (Å²) in [6.45, 7) is 3.56. The average molecular weight is 372 g/mol. The monoisotopic (exact) mass is 372 g/mol. The van der Waals surface area contributed by atoms with Crippen LogP contribution in [0.1, 0.15) is 22.3 Å². The van der Waals surface area contributed by atoms with Crippen molar-refractivity contribution in [1.29, 1.82) is 0 Å². The number of nitrogens with one attached hydrogen (secondary N) is 1. The molecular weight excluding hydrogens is 349 g/mol. The van der Waals surface area contributed by atoms with Gasteiger partial charge in [0.05, 0.1) is 30.9 Å². The fourth-order valence-corrected chi connectivity index (χ4v) is 3.88. The van der Waals surface area contributed by atoms with Crippen LogP contribution in [-0.4, -0.2) is 38.1 Å². The van der Waals surface area contributed by atoms with Crippen LogP contribution in [0.3, 0.4) is 0 Å². The van der Waals surface area contributed by atoms with Crippen molar-refractivity contribution in [3.63, 3.8) is 0 Å². The number of aryl methyl sites for hydroxylation is 1. The number of para-hydroxylation sites is 1. The highest BCUT2D eigenvalue weighted by atomic mass is 32.1. The van der Waals surface area contributed by atoms with Crippen molar-refractivity contribution in [3.05, 3.63) is 59.4 Å². The first-order valence-electron chi connectivity index (χ1n) is 8.68. The Morgan fingerprint density at radius 3 is 2.58 bits per heavy atom. The molecule has 1 heterocycles. The Labute approximate surface area is 156 Å². The van der Waals surface area contributed by atoms with E-state index in [1.165, 1.54) is 40.5 Å². The summed E-state index contributed by atoms with van der Waals surface area (Å²) in [6.07, 6.45) is 0.865. The molecule has 0 unspecified atom stereocenters. The molecule has 6 heteroatoms. The van der Waals surface area contributed by atoms with Gasteiger partial charge in [0.1, 0.15) is 5.82 Å². The predicted molar refractivity (Wildman–Crippen MR) is 105 cm³/mol. The van der Waals surface area contributed by atoms with Gasteiger partial charge in [0.15, 0.2) is 5.13 Å². The Morgan fingerprint density at radius 2 is 1.92 bits per heavy atom. The van der Waals surface area contributed by atoms with Gasteiger partial charge in [-0.15, -0.1) is 0 Å². The lowest BCUT2D eigenvalue weighted by atomic mass is 10.2. The highest BCUT2D eigenvalue weighted by molar-refractivity contribution is 7.22. The summed E-state index contributed by atoms with van der Waals surface area (Å²) < 4.78 is 14.3. The van der Waals surface area contributed by atoms with E-state index < -0.39 is 0 Å². The topological polar surface area (TPSA) is 37.6 Å². The number of thiazole rings is 1. The molecule has 0 atom stereocenters. The molecule has 3 aromatic rings. The normalized spacial score (nSPS) is 11.3. The molecule has 3 rings (SSSR count). The summed E-state index contributed by atoms with van der Waals surface area (Å²) in [7, 11) is 4.18. The minimum atomic E-state index is -0.347. The fourth-order valence-electron chi connectivity index (χ4n) is 2.81. The number of fused-ring (bicyclic) bond motifs is 1. The smallest absolute Gasteiger partial charge is 0.260 e. The molecule has 0 aliphatic heterocycles. The Balaban J connectivity index is 1.94. The second kappa shape index (κ2) is 7.93. The van der Waals surface area contributed by atoms with Crippen molar-refractivity contribution in [2.75, 3.05) is 32.1 Å². The molecule has 0 radical (unpaired) electrons. The van der Waals surface area contributed by atoms with Crippen molar-refractivity contribution >= 4 is 32.6 Å². The molecule has 0 bridgehead atoms. The van der Waals surface area contributed by atoms with Crippen LogP contribution in [0.4, 0.5) is 9.52 Å². The van der Waals surface area contributed by atoms with Gasteiger partial charge in [0.2, 0.25) is 0 Å². The third-order valence-electron chi connectivity index (χ3n) is 4.24. The standard InChI is InChI=1S/C20H22FN3OS/c1-14-6-4-7-17-18(14)22-20(26-17)24(13-5-12-23(2)3)19(25)15-8-10-16(21)11-9-15/h4,6-11H,5,12-13H2,1-3H3/p+1. The first kappa shape index (κ1) is 18.5. The van der Waals surface area contributed by atoms with Gasteiger partial charge in [0.25, 0.3) is 5.91 Å². The number of anilines is 1. The van der Waals surface area contributed by atoms with Crippen LogP contribution in [0.25, 0.3) is 10.2 Å². The lowest BCUT2D eigenvalue weighted by Gasteiger charge is -2.20. The third kappa shape index (κ3) is 4.08. The zero-order chi connectivity index (χ0) is 18.7. The number of benzene rings is 2. The molecule has 0 saturated heterocycles. The van der Waals surface area contributed by atoms with Gasteiger partial charge in [-0.05, 0) is 42.8 Å². The van der Waals surface area contributed by atoms with Crippen LogP contribution in [0.2, 0.25) is 0 Å². The Kier molecular flexibility index (Phi) is 5.64. The second-order valence-corrected chi connectivity index (χ2v) is 7.70. The van der Waals surface area contributed by atoms with Crippen molar-refractivity contribution in [2.24, 2.45) is 0 Å². The van der Waals surface area contributed by atoms with Gasteiger partial charge >= 0.3 is 0 Å². The van der Waals surface area contributed by atoms with E-state index in [9.17, 15) is 9.18 Å². The number of quaternary nitrogens is 1. The quantitative estimate of drug-likeness (QED) is 0.722. The molecule has 0 spiro atoms. The van der Waals surface area contributed by atoms with Crippen LogP contribution in [0, 0.1) is 12.7 Å². The first-order valence-corrected chi connectivity index (χ1v) is 9.50. The van der Waals surface area contributed by atoms with Gasteiger partial charge in [-0.3, -0.25) is 9.69 Å². The molecule has 1 aromatic heterocycles. The zero-order valence-corrected chi connectivity index (χ0v) is 16.1. The van der Waals surface area contributed by atoms with Crippen LogP contribution >= 0.6 is 11.3 Å². The Hall–Kier alpha value is -2.31. The van der Waals surface area contributed by atoms with Crippen LogP contribution in [0.15, 0.2) is 42.5 Å². The van der Waals surface area contributed by atoms with Gasteiger partial charge in [-0.25, -0.2) is 9.37 Å². The molecule has 1 amide bonds. The molecule has 136 valence electrons. The molecule has 0 fully saturated rings. The number of nitrogens with zero attached hydrogens (tertiary/aromatic N) is 2. The van der Waals surface area contributed by atoms with E-state index in [0.29, 0.717) is 17.2 Å². The van der Waals surface area contributed by atoms with Crippen molar-refractivity contribution in [1.82, 2.24) is 4.98 Å². The predicted octanol–water partition coefficient (Wildman–Crippen LogP) is 2.93. The average Bonchev–Trinajstić information content (AvgIpc) is 3.04. The van der Waals surface area contributed by atoms with Gasteiger partial charge in [-0.1, -0.05) is 23.5 Å². The van der Waals surface area contributed by atoms with Crippen LogP contribution < -0.4 is 9.80 Å². The lowest BCUT2D eigenvalue weighted by Crippen LogP contribution is -3.05. The van der Waals surface area contributed by atoms with Crippen LogP contribution in [-0.2, 0) is 0 Å². The SMILES string of the molecule is Cc1cccc2sc(N(CCC[NH+](C)C)C(=O)c3ccc(F)cc3)nc12. The summed E-state index contributed by atoms with van der Waals surface area (Å²) in [6, 6.07) is 11.7. The molecule has 0 aliphatic carbocycles. The van der Waals surface area contributed by atoms with Crippen molar-refractivity contribution in [2.45, 2.75) is 13.3 Å². The maximum atomic E-state index is 13.2. The third-order valence-corrected chi connectivity index (χ3v) is 5.28. The Bertz CT molecular complexity index is 905. The van der Waals surface area contributed by atoms with E-state index in [-0.39, 0.29) is 11.7 Å². The van der Waals surface area contributed by atoms with Crippen molar-refractivity contribution in [3.8, 4) is 0 Å². The number of rotatable bonds is 6. The lowest BCUT2D eigenvalue weighted by molar-refractivity contribution is -0.858. The molecule has 0 aliphatic rings. The van der Waals surface area contributed by atoms with E-state index in [1.807, 2.05) is 25.1 Å². The fraction of sp³-hybridized carbons (Fsp3) is 0.300. The van der Waals surface area contributed by atoms with E-state index in [2.05, 4.69) is 14.1 Å². The maximum Gasteiger partial charge on any atom is 0.260 e. The number of hydrogen-bond acceptors (Lipinski definition) is 3. The largest absolute Gasteiger partial charge is 0.340 e. The van der Waals surface area contributed by atoms with E-state index in [0.717, 1.165) is 28.7 Å². The second-order valence-electron chi connectivity index (χ2n) is 6.69. The summed E-state index contributed by atoms with van der Waals surface area (Å²) in [4.78, 5) is 20.8. The van der Waals surface area contributed by atoms with Crippen LogP contribution in [0.5, 0.6) is 0 Å². The minimum absolute atomic E-state index is 0.143. The van der Waals surface area contributed by atoms with Gasteiger partial charge in [0, 0.05) is 18.5 Å². The summed E-state index contributed by atoms with van der Waals surface area (Å²) >= 11 is 1.52. The zero-order valence-electron chi connectivity index (χ0n) is 15.3. The van der Waals surface area contributed by atoms with Gasteiger partial charge in [-0.2, -0.15) is 0 Å². The minimum Gasteiger partial charge on any atom is -0.340 e. The number of halogens is 1. The first-order chi connectivity index (χ1) is 12.5. The van der Waals surface area contributed by atoms with E-state index in [1.54, 1.807) is 4.90 Å². The summed E-state index contributed by atoms with van der Waals surface area (Å²) in [5, 5.41) is 0.692. The number of amides is 1. The molecule has 1 N–H and O–H groups in total. The number of hydrogen-bond donors (Lipinski definition) is 1. The highest BCUT2D eigenvalue weighted by Gasteiger charge is 2.21. The van der Waals surface area contributed by atoms with E-state index in [4.69, 9.17) is 4.98 Å². The number of carbonyl (C=O) groups excluding carboxylic acids is 1. The summed E-state index contributed by atoms with van der Waals surface area (Å²) in [5.74, 6) is -0.490. The molecular formula is C20H23FN3OS+.